The van der Waals surface area contributed by atoms with Crippen molar-refractivity contribution in [2.24, 2.45) is 0 Å². The lowest BCUT2D eigenvalue weighted by Crippen LogP contribution is -2.45. The van der Waals surface area contributed by atoms with E-state index in [-0.39, 0.29) is 17.9 Å². The Kier molecular flexibility index (Phi) is 5.73. The summed E-state index contributed by atoms with van der Waals surface area (Å²) in [5, 5.41) is 15.5. The SMILES string of the molecule is CC(C)c1nnc(NC(=O)[C@H]2CCCN2C(=O)Nc2cccc(Cl)c2)s1. The lowest BCUT2D eigenvalue weighted by molar-refractivity contribution is -0.119. The second-order valence-electron chi connectivity index (χ2n) is 6.38. The third-order valence-electron chi connectivity index (χ3n) is 4.06. The molecule has 2 aromatic rings. The quantitative estimate of drug-likeness (QED) is 0.823. The normalized spacial score (nSPS) is 16.8. The summed E-state index contributed by atoms with van der Waals surface area (Å²) in [5.74, 6) is 0.0137. The van der Waals surface area contributed by atoms with Crippen LogP contribution in [0.15, 0.2) is 24.3 Å². The Bertz CT molecular complexity index is 810. The van der Waals surface area contributed by atoms with E-state index in [1.54, 1.807) is 29.2 Å². The molecule has 1 atom stereocenters. The zero-order chi connectivity index (χ0) is 18.7. The van der Waals surface area contributed by atoms with Gasteiger partial charge >= 0.3 is 6.03 Å². The Morgan fingerprint density at radius 3 is 2.81 bits per heavy atom. The first-order chi connectivity index (χ1) is 12.4. The topological polar surface area (TPSA) is 87.2 Å². The number of halogens is 1. The van der Waals surface area contributed by atoms with Crippen LogP contribution in [0.2, 0.25) is 5.02 Å². The standard InChI is InChI=1S/C17H20ClN5O2S/c1-10(2)15-21-22-16(26-15)20-14(24)13-7-4-8-23(13)17(25)19-12-6-3-5-11(18)9-12/h3,5-6,9-10,13H,4,7-8H2,1-2H3,(H,19,25)(H,20,22,24)/t13-/m1/s1. The van der Waals surface area contributed by atoms with Crippen LogP contribution in [0.3, 0.4) is 0 Å². The molecule has 0 aliphatic carbocycles. The molecule has 1 saturated heterocycles. The minimum Gasteiger partial charge on any atom is -0.312 e. The summed E-state index contributed by atoms with van der Waals surface area (Å²) >= 11 is 7.29. The van der Waals surface area contributed by atoms with Crippen LogP contribution in [0.5, 0.6) is 0 Å². The second kappa shape index (κ2) is 8.01. The first-order valence-electron chi connectivity index (χ1n) is 8.41. The van der Waals surface area contributed by atoms with Crippen molar-refractivity contribution in [2.75, 3.05) is 17.2 Å². The van der Waals surface area contributed by atoms with Gasteiger partial charge in [0.05, 0.1) is 0 Å². The van der Waals surface area contributed by atoms with E-state index in [0.29, 0.717) is 28.8 Å². The average molecular weight is 394 g/mol. The zero-order valence-electron chi connectivity index (χ0n) is 14.5. The third-order valence-corrected chi connectivity index (χ3v) is 5.43. The number of nitrogens with zero attached hydrogens (tertiary/aromatic N) is 3. The number of likely N-dealkylation sites (tertiary alicyclic amines) is 1. The molecule has 0 unspecified atom stereocenters. The highest BCUT2D eigenvalue weighted by Gasteiger charge is 2.34. The number of rotatable bonds is 4. The fraction of sp³-hybridized carbons (Fsp3) is 0.412. The highest BCUT2D eigenvalue weighted by molar-refractivity contribution is 7.15. The molecule has 3 rings (SSSR count). The van der Waals surface area contributed by atoms with Crippen molar-refractivity contribution >= 4 is 45.7 Å². The van der Waals surface area contributed by atoms with Crippen LogP contribution in [0.25, 0.3) is 0 Å². The van der Waals surface area contributed by atoms with E-state index in [9.17, 15) is 9.59 Å². The number of carbonyl (C=O) groups is 2. The monoisotopic (exact) mass is 393 g/mol. The van der Waals surface area contributed by atoms with Crippen LogP contribution < -0.4 is 10.6 Å². The number of hydrogen-bond acceptors (Lipinski definition) is 5. The molecule has 0 radical (unpaired) electrons. The van der Waals surface area contributed by atoms with Gasteiger partial charge in [-0.05, 0) is 31.0 Å². The molecule has 0 spiro atoms. The van der Waals surface area contributed by atoms with E-state index < -0.39 is 6.04 Å². The predicted molar refractivity (Wildman–Crippen MR) is 103 cm³/mol. The minimum absolute atomic E-state index is 0.241. The molecular formula is C17H20ClN5O2S. The summed E-state index contributed by atoms with van der Waals surface area (Å²) in [4.78, 5) is 26.7. The number of carbonyl (C=O) groups excluding carboxylic acids is 2. The molecule has 7 nitrogen and oxygen atoms in total. The van der Waals surface area contributed by atoms with Crippen molar-refractivity contribution in [1.82, 2.24) is 15.1 Å². The van der Waals surface area contributed by atoms with Crippen LogP contribution in [0, 0.1) is 0 Å². The van der Waals surface area contributed by atoms with Crippen molar-refractivity contribution in [3.8, 4) is 0 Å². The number of amides is 3. The van der Waals surface area contributed by atoms with Crippen molar-refractivity contribution in [3.63, 3.8) is 0 Å². The average Bonchev–Trinajstić information content (AvgIpc) is 3.24. The Hall–Kier alpha value is -2.19. The maximum absolute atomic E-state index is 12.6. The van der Waals surface area contributed by atoms with Crippen LogP contribution in [-0.2, 0) is 4.79 Å². The fourth-order valence-electron chi connectivity index (χ4n) is 2.75. The van der Waals surface area contributed by atoms with Crippen LogP contribution >= 0.6 is 22.9 Å². The van der Waals surface area contributed by atoms with E-state index in [2.05, 4.69) is 20.8 Å². The van der Waals surface area contributed by atoms with E-state index in [1.165, 1.54) is 11.3 Å². The fourth-order valence-corrected chi connectivity index (χ4v) is 3.69. The highest BCUT2D eigenvalue weighted by atomic mass is 35.5. The number of urea groups is 1. The van der Waals surface area contributed by atoms with Crippen molar-refractivity contribution in [2.45, 2.75) is 38.6 Å². The second-order valence-corrected chi connectivity index (χ2v) is 7.83. The molecule has 3 amide bonds. The number of anilines is 2. The van der Waals surface area contributed by atoms with Gasteiger partial charge in [0.2, 0.25) is 11.0 Å². The van der Waals surface area contributed by atoms with Crippen molar-refractivity contribution in [1.29, 1.82) is 0 Å². The van der Waals surface area contributed by atoms with E-state index in [1.807, 2.05) is 13.8 Å². The molecule has 26 heavy (non-hydrogen) atoms. The van der Waals surface area contributed by atoms with Gasteiger partial charge in [-0.3, -0.25) is 10.1 Å². The summed E-state index contributed by atoms with van der Waals surface area (Å²) in [5.41, 5.74) is 0.597. The molecule has 1 aliphatic rings. The lowest BCUT2D eigenvalue weighted by Gasteiger charge is -2.23. The summed E-state index contributed by atoms with van der Waals surface area (Å²) in [6.45, 7) is 4.56. The Balaban J connectivity index is 1.64. The Labute approximate surface area is 160 Å². The number of hydrogen-bond donors (Lipinski definition) is 2. The van der Waals surface area contributed by atoms with Gasteiger partial charge in [-0.15, -0.1) is 10.2 Å². The van der Waals surface area contributed by atoms with Crippen LogP contribution in [0.1, 0.15) is 37.6 Å². The molecule has 138 valence electrons. The van der Waals surface area contributed by atoms with Crippen LogP contribution in [0.4, 0.5) is 15.6 Å². The number of nitrogens with one attached hydrogen (secondary N) is 2. The molecular weight excluding hydrogens is 374 g/mol. The van der Waals surface area contributed by atoms with E-state index >= 15 is 0 Å². The van der Waals surface area contributed by atoms with Gasteiger partial charge in [-0.1, -0.05) is 42.9 Å². The van der Waals surface area contributed by atoms with Crippen molar-refractivity contribution in [3.05, 3.63) is 34.3 Å². The van der Waals surface area contributed by atoms with Gasteiger partial charge in [0, 0.05) is 23.2 Å². The maximum atomic E-state index is 12.6. The molecule has 1 aromatic heterocycles. The molecule has 1 aromatic carbocycles. The molecule has 1 fully saturated rings. The van der Waals surface area contributed by atoms with Gasteiger partial charge in [-0.25, -0.2) is 4.79 Å². The Morgan fingerprint density at radius 2 is 2.12 bits per heavy atom. The van der Waals surface area contributed by atoms with Gasteiger partial charge in [0.15, 0.2) is 0 Å². The van der Waals surface area contributed by atoms with E-state index in [0.717, 1.165) is 11.4 Å². The third kappa shape index (κ3) is 4.31. The van der Waals surface area contributed by atoms with Gasteiger partial charge in [0.1, 0.15) is 11.0 Å². The van der Waals surface area contributed by atoms with E-state index in [4.69, 9.17) is 11.6 Å². The highest BCUT2D eigenvalue weighted by Crippen LogP contribution is 2.25. The van der Waals surface area contributed by atoms with Gasteiger partial charge in [-0.2, -0.15) is 0 Å². The molecule has 9 heteroatoms. The first-order valence-corrected chi connectivity index (χ1v) is 9.61. The van der Waals surface area contributed by atoms with Crippen LogP contribution in [-0.4, -0.2) is 39.6 Å². The predicted octanol–water partition coefficient (Wildman–Crippen LogP) is 3.95. The zero-order valence-corrected chi connectivity index (χ0v) is 16.1. The van der Waals surface area contributed by atoms with Gasteiger partial charge in [0.25, 0.3) is 0 Å². The molecule has 0 saturated carbocycles. The molecule has 2 N–H and O–H groups in total. The molecule has 1 aliphatic heterocycles. The smallest absolute Gasteiger partial charge is 0.312 e. The summed E-state index contributed by atoms with van der Waals surface area (Å²) in [6, 6.07) is 6.07. The number of aromatic nitrogens is 2. The Morgan fingerprint density at radius 1 is 1.31 bits per heavy atom. The molecule has 2 heterocycles. The summed E-state index contributed by atoms with van der Waals surface area (Å²) < 4.78 is 0. The summed E-state index contributed by atoms with van der Waals surface area (Å²) in [6.07, 6.45) is 1.39. The lowest BCUT2D eigenvalue weighted by atomic mass is 10.2. The molecule has 0 bridgehead atoms. The van der Waals surface area contributed by atoms with Crippen molar-refractivity contribution < 1.29 is 9.59 Å². The largest absolute Gasteiger partial charge is 0.322 e. The van der Waals surface area contributed by atoms with Gasteiger partial charge < -0.3 is 10.2 Å². The first kappa shape index (κ1) is 18.6. The summed E-state index contributed by atoms with van der Waals surface area (Å²) in [7, 11) is 0. The minimum atomic E-state index is -0.527. The maximum Gasteiger partial charge on any atom is 0.322 e. The number of benzene rings is 1.